The van der Waals surface area contributed by atoms with Gasteiger partial charge < -0.3 is 20.2 Å². The molecule has 8 heteroatoms. The van der Waals surface area contributed by atoms with Crippen LogP contribution in [0.2, 0.25) is 0 Å². The minimum atomic E-state index is -0.948. The van der Waals surface area contributed by atoms with Crippen LogP contribution in [0, 0.1) is 0 Å². The Bertz CT molecular complexity index is 410. The van der Waals surface area contributed by atoms with Crippen LogP contribution in [-0.4, -0.2) is 69.6 Å². The summed E-state index contributed by atoms with van der Waals surface area (Å²) in [6.07, 6.45) is 1.42. The summed E-state index contributed by atoms with van der Waals surface area (Å²) in [6, 6.07) is -0.816. The van der Waals surface area contributed by atoms with Gasteiger partial charge >= 0.3 is 12.0 Å². The van der Waals surface area contributed by atoms with Crippen LogP contribution < -0.4 is 5.32 Å². The Kier molecular flexibility index (Phi) is 4.74. The van der Waals surface area contributed by atoms with E-state index >= 15 is 0 Å². The Morgan fingerprint density at radius 2 is 1.90 bits per heavy atom. The van der Waals surface area contributed by atoms with Gasteiger partial charge in [-0.25, -0.2) is 9.59 Å². The van der Waals surface area contributed by atoms with Crippen molar-refractivity contribution in [1.29, 1.82) is 0 Å². The molecule has 0 aromatic carbocycles. The second-order valence-electron chi connectivity index (χ2n) is 5.07. The molecular weight excluding hydrogens is 282 g/mol. The largest absolute Gasteiger partial charge is 0.480 e. The van der Waals surface area contributed by atoms with Crippen LogP contribution in [0.3, 0.4) is 0 Å². The lowest BCUT2D eigenvalue weighted by Crippen LogP contribution is -2.53. The Morgan fingerprint density at radius 3 is 2.45 bits per heavy atom. The number of rotatable bonds is 2. The number of hydrogen-bond donors (Lipinski definition) is 2. The Morgan fingerprint density at radius 1 is 1.25 bits per heavy atom. The summed E-state index contributed by atoms with van der Waals surface area (Å²) < 4.78 is 0. The van der Waals surface area contributed by atoms with Crippen molar-refractivity contribution < 1.29 is 19.5 Å². The summed E-state index contributed by atoms with van der Waals surface area (Å²) in [5, 5.41) is 11.9. The number of piperidine rings is 1. The van der Waals surface area contributed by atoms with E-state index in [1.54, 1.807) is 4.90 Å². The number of urea groups is 1. The van der Waals surface area contributed by atoms with Crippen molar-refractivity contribution in [3.05, 3.63) is 0 Å². The third-order valence-corrected chi connectivity index (χ3v) is 4.60. The van der Waals surface area contributed by atoms with Gasteiger partial charge in [0.1, 0.15) is 6.04 Å². The van der Waals surface area contributed by atoms with E-state index in [2.05, 4.69) is 5.32 Å². The van der Waals surface area contributed by atoms with Gasteiger partial charge in [0.25, 0.3) is 0 Å². The molecule has 1 atom stereocenters. The number of carboxylic acid groups (broad SMARTS) is 1. The van der Waals surface area contributed by atoms with Crippen LogP contribution in [0.25, 0.3) is 0 Å². The van der Waals surface area contributed by atoms with E-state index in [-0.39, 0.29) is 18.0 Å². The molecule has 0 spiro atoms. The summed E-state index contributed by atoms with van der Waals surface area (Å²) in [5.41, 5.74) is 0. The van der Waals surface area contributed by atoms with Crippen LogP contribution >= 0.6 is 11.8 Å². The molecule has 2 aliphatic rings. The topological polar surface area (TPSA) is 90.0 Å². The van der Waals surface area contributed by atoms with Crippen molar-refractivity contribution in [3.63, 3.8) is 0 Å². The molecule has 2 saturated heterocycles. The minimum Gasteiger partial charge on any atom is -0.480 e. The third kappa shape index (κ3) is 3.36. The third-order valence-electron chi connectivity index (χ3n) is 3.59. The number of thioether (sulfide) groups is 1. The monoisotopic (exact) mass is 301 g/mol. The van der Waals surface area contributed by atoms with E-state index in [1.807, 2.05) is 0 Å². The van der Waals surface area contributed by atoms with Gasteiger partial charge in [-0.3, -0.25) is 4.79 Å². The van der Waals surface area contributed by atoms with Crippen molar-refractivity contribution in [2.24, 2.45) is 0 Å². The summed E-state index contributed by atoms with van der Waals surface area (Å²) >= 11 is 1.46. The zero-order valence-electron chi connectivity index (χ0n) is 11.4. The molecule has 7 nitrogen and oxygen atoms in total. The molecule has 1 unspecified atom stereocenters. The molecule has 0 aromatic heterocycles. The van der Waals surface area contributed by atoms with Crippen molar-refractivity contribution in [3.8, 4) is 0 Å². The van der Waals surface area contributed by atoms with Gasteiger partial charge in [0, 0.05) is 31.8 Å². The van der Waals surface area contributed by atoms with Crippen molar-refractivity contribution in [2.45, 2.75) is 31.8 Å². The van der Waals surface area contributed by atoms with E-state index in [4.69, 9.17) is 5.11 Å². The standard InChI is InChI=1S/C12H19N3O4S/c1-8(16)13-9-2-4-14(5-3-9)12(19)15-7-20-6-10(15)11(17)18/h9-10H,2-7H2,1H3,(H,13,16)(H,17,18). The zero-order chi connectivity index (χ0) is 14.7. The van der Waals surface area contributed by atoms with E-state index in [0.29, 0.717) is 37.6 Å². The highest BCUT2D eigenvalue weighted by atomic mass is 32.2. The first-order valence-electron chi connectivity index (χ1n) is 6.62. The highest BCUT2D eigenvalue weighted by Crippen LogP contribution is 2.23. The van der Waals surface area contributed by atoms with Gasteiger partial charge in [0.05, 0.1) is 5.88 Å². The quantitative estimate of drug-likeness (QED) is 0.758. The fourth-order valence-electron chi connectivity index (χ4n) is 2.52. The molecule has 2 rings (SSSR count). The molecule has 2 fully saturated rings. The average molecular weight is 301 g/mol. The van der Waals surface area contributed by atoms with Crippen LogP contribution in [0.5, 0.6) is 0 Å². The first kappa shape index (κ1) is 15.0. The molecule has 20 heavy (non-hydrogen) atoms. The van der Waals surface area contributed by atoms with Gasteiger partial charge in [-0.05, 0) is 12.8 Å². The lowest BCUT2D eigenvalue weighted by atomic mass is 10.1. The van der Waals surface area contributed by atoms with Crippen LogP contribution in [0.4, 0.5) is 4.79 Å². The predicted molar refractivity (Wildman–Crippen MR) is 74.4 cm³/mol. The Hall–Kier alpha value is -1.44. The molecule has 2 heterocycles. The number of hydrogen-bond acceptors (Lipinski definition) is 4. The predicted octanol–water partition coefficient (Wildman–Crippen LogP) is 0.166. The van der Waals surface area contributed by atoms with Gasteiger partial charge in [-0.15, -0.1) is 11.8 Å². The summed E-state index contributed by atoms with van der Waals surface area (Å²) in [6.45, 7) is 2.59. The normalized spacial score (nSPS) is 23.8. The Labute approximate surface area is 121 Å². The van der Waals surface area contributed by atoms with E-state index in [0.717, 1.165) is 0 Å². The van der Waals surface area contributed by atoms with Gasteiger partial charge in [-0.1, -0.05) is 0 Å². The maximum Gasteiger partial charge on any atom is 0.327 e. The maximum atomic E-state index is 12.3. The summed E-state index contributed by atoms with van der Waals surface area (Å²) in [4.78, 5) is 37.5. The number of nitrogens with one attached hydrogen (secondary N) is 1. The molecule has 0 bridgehead atoms. The fraction of sp³-hybridized carbons (Fsp3) is 0.750. The molecule has 0 saturated carbocycles. The van der Waals surface area contributed by atoms with Crippen molar-refractivity contribution in [1.82, 2.24) is 15.1 Å². The number of carboxylic acids is 1. The zero-order valence-corrected chi connectivity index (χ0v) is 12.2. The molecule has 2 aliphatic heterocycles. The second-order valence-corrected chi connectivity index (χ2v) is 6.07. The lowest BCUT2D eigenvalue weighted by Gasteiger charge is -2.35. The molecule has 0 aliphatic carbocycles. The molecule has 3 amide bonds. The summed E-state index contributed by atoms with van der Waals surface area (Å²) in [5.74, 6) is -0.127. The Balaban J connectivity index is 1.88. The smallest absolute Gasteiger partial charge is 0.327 e. The van der Waals surface area contributed by atoms with E-state index in [1.165, 1.54) is 23.6 Å². The number of likely N-dealkylation sites (tertiary alicyclic amines) is 1. The van der Waals surface area contributed by atoms with Crippen LogP contribution in [-0.2, 0) is 9.59 Å². The number of carbonyl (C=O) groups is 3. The first-order chi connectivity index (χ1) is 9.49. The van der Waals surface area contributed by atoms with Crippen molar-refractivity contribution >= 4 is 29.7 Å². The first-order valence-corrected chi connectivity index (χ1v) is 7.77. The lowest BCUT2D eigenvalue weighted by molar-refractivity contribution is -0.141. The van der Waals surface area contributed by atoms with Gasteiger partial charge in [0.15, 0.2) is 0 Å². The molecule has 0 aromatic rings. The highest BCUT2D eigenvalue weighted by molar-refractivity contribution is 7.99. The molecule has 0 radical (unpaired) electrons. The number of carbonyl (C=O) groups excluding carboxylic acids is 2. The van der Waals surface area contributed by atoms with Gasteiger partial charge in [-0.2, -0.15) is 0 Å². The fourth-order valence-corrected chi connectivity index (χ4v) is 3.66. The summed E-state index contributed by atoms with van der Waals surface area (Å²) in [7, 11) is 0. The van der Waals surface area contributed by atoms with Gasteiger partial charge in [0.2, 0.25) is 5.91 Å². The number of amides is 3. The minimum absolute atomic E-state index is 0.0586. The highest BCUT2D eigenvalue weighted by Gasteiger charge is 2.37. The van der Waals surface area contributed by atoms with Crippen LogP contribution in [0.1, 0.15) is 19.8 Å². The average Bonchev–Trinajstić information content (AvgIpc) is 2.87. The molecule has 112 valence electrons. The molecular formula is C12H19N3O4S. The SMILES string of the molecule is CC(=O)NC1CCN(C(=O)N2CSCC2C(=O)O)CC1. The van der Waals surface area contributed by atoms with Crippen LogP contribution in [0.15, 0.2) is 0 Å². The number of nitrogens with zero attached hydrogens (tertiary/aromatic N) is 2. The van der Waals surface area contributed by atoms with Crippen molar-refractivity contribution in [2.75, 3.05) is 24.7 Å². The number of aliphatic carboxylic acids is 1. The maximum absolute atomic E-state index is 12.3. The van der Waals surface area contributed by atoms with E-state index in [9.17, 15) is 14.4 Å². The van der Waals surface area contributed by atoms with E-state index < -0.39 is 12.0 Å². The second kappa shape index (κ2) is 6.34. The molecule has 2 N–H and O–H groups in total.